The Hall–Kier alpha value is -1.78. The highest BCUT2D eigenvalue weighted by Gasteiger charge is 1.97. The summed E-state index contributed by atoms with van der Waals surface area (Å²) in [7, 11) is 0. The van der Waals surface area contributed by atoms with Gasteiger partial charge in [-0.15, -0.1) is 5.10 Å². The first kappa shape index (κ1) is 6.90. The van der Waals surface area contributed by atoms with E-state index in [-0.39, 0.29) is 5.82 Å². The van der Waals surface area contributed by atoms with Crippen LogP contribution in [-0.4, -0.2) is 20.2 Å². The van der Waals surface area contributed by atoms with Crippen LogP contribution < -0.4 is 0 Å². The summed E-state index contributed by atoms with van der Waals surface area (Å²) in [5.41, 5.74) is 0.611. The minimum absolute atomic E-state index is 0.303. The maximum Gasteiger partial charge on any atom is 0.143 e. The standard InChI is InChI=1S/C7H5FN4/c8-6-2-1-3-7(4-6)12-5-9-10-11-12/h1-5H. The molecule has 0 aliphatic carbocycles. The van der Waals surface area contributed by atoms with E-state index < -0.39 is 0 Å². The second-order valence-corrected chi connectivity index (χ2v) is 2.23. The molecule has 0 amide bonds. The number of halogens is 1. The van der Waals surface area contributed by atoms with E-state index >= 15 is 0 Å². The molecule has 60 valence electrons. The third kappa shape index (κ3) is 1.16. The fourth-order valence-electron chi connectivity index (χ4n) is 0.898. The predicted molar refractivity (Wildman–Crippen MR) is 39.1 cm³/mol. The summed E-state index contributed by atoms with van der Waals surface area (Å²) in [6, 6.07) is 6.05. The zero-order valence-electron chi connectivity index (χ0n) is 6.05. The van der Waals surface area contributed by atoms with Gasteiger partial charge in [0.1, 0.15) is 12.1 Å². The van der Waals surface area contributed by atoms with Gasteiger partial charge in [0.05, 0.1) is 5.69 Å². The lowest BCUT2D eigenvalue weighted by Gasteiger charge is -1.96. The molecule has 0 N–H and O–H groups in total. The molecule has 2 rings (SSSR count). The van der Waals surface area contributed by atoms with Crippen LogP contribution in [0.2, 0.25) is 0 Å². The highest BCUT2D eigenvalue weighted by molar-refractivity contribution is 5.29. The zero-order valence-corrected chi connectivity index (χ0v) is 6.05. The third-order valence-electron chi connectivity index (χ3n) is 1.42. The van der Waals surface area contributed by atoms with Crippen LogP contribution in [0.1, 0.15) is 0 Å². The molecule has 1 aromatic heterocycles. The summed E-state index contributed by atoms with van der Waals surface area (Å²) in [5, 5.41) is 10.5. The summed E-state index contributed by atoms with van der Waals surface area (Å²) in [4.78, 5) is 0. The fourth-order valence-corrected chi connectivity index (χ4v) is 0.898. The number of hydrogen-bond acceptors (Lipinski definition) is 3. The van der Waals surface area contributed by atoms with Gasteiger partial charge in [-0.25, -0.2) is 9.07 Å². The number of benzene rings is 1. The molecule has 0 unspecified atom stereocenters. The quantitative estimate of drug-likeness (QED) is 0.626. The second-order valence-electron chi connectivity index (χ2n) is 2.23. The predicted octanol–water partition coefficient (Wildman–Crippen LogP) is 0.801. The molecule has 0 fully saturated rings. The summed E-state index contributed by atoms with van der Waals surface area (Å²) < 4.78 is 14.1. The zero-order chi connectivity index (χ0) is 8.39. The monoisotopic (exact) mass is 164 g/mol. The molecule has 0 aliphatic heterocycles. The van der Waals surface area contributed by atoms with Gasteiger partial charge in [0.25, 0.3) is 0 Å². The van der Waals surface area contributed by atoms with E-state index in [0.29, 0.717) is 5.69 Å². The first-order valence-electron chi connectivity index (χ1n) is 3.35. The Bertz CT molecular complexity index is 371. The molecule has 4 nitrogen and oxygen atoms in total. The molecule has 0 spiro atoms. The van der Waals surface area contributed by atoms with Gasteiger partial charge in [0.15, 0.2) is 0 Å². The summed E-state index contributed by atoms with van der Waals surface area (Å²) >= 11 is 0. The van der Waals surface area contributed by atoms with Gasteiger partial charge in [0.2, 0.25) is 0 Å². The molecule has 0 saturated heterocycles. The molecular weight excluding hydrogens is 159 g/mol. The van der Waals surface area contributed by atoms with Gasteiger partial charge in [0, 0.05) is 0 Å². The number of rotatable bonds is 1. The molecule has 2 aromatic rings. The average Bonchev–Trinajstić information content (AvgIpc) is 2.56. The van der Waals surface area contributed by atoms with E-state index in [2.05, 4.69) is 15.5 Å². The van der Waals surface area contributed by atoms with Gasteiger partial charge in [-0.3, -0.25) is 0 Å². The lowest BCUT2D eigenvalue weighted by Crippen LogP contribution is -1.94. The smallest absolute Gasteiger partial charge is 0.143 e. The van der Waals surface area contributed by atoms with Crippen LogP contribution in [0.3, 0.4) is 0 Å². The molecular formula is C7H5FN4. The lowest BCUT2D eigenvalue weighted by atomic mass is 10.3. The van der Waals surface area contributed by atoms with Crippen molar-refractivity contribution in [1.29, 1.82) is 0 Å². The topological polar surface area (TPSA) is 43.6 Å². The maximum atomic E-state index is 12.7. The molecule has 1 aromatic carbocycles. The molecule has 0 aliphatic rings. The number of nitrogens with zero attached hydrogens (tertiary/aromatic N) is 4. The van der Waals surface area contributed by atoms with Crippen molar-refractivity contribution in [3.05, 3.63) is 36.4 Å². The van der Waals surface area contributed by atoms with E-state index in [1.807, 2.05) is 0 Å². The van der Waals surface area contributed by atoms with Crippen molar-refractivity contribution in [2.75, 3.05) is 0 Å². The summed E-state index contributed by atoms with van der Waals surface area (Å²) in [5.74, 6) is -0.303. The van der Waals surface area contributed by atoms with E-state index in [1.165, 1.54) is 23.1 Å². The van der Waals surface area contributed by atoms with Crippen LogP contribution in [0.4, 0.5) is 4.39 Å². The second kappa shape index (κ2) is 2.69. The maximum absolute atomic E-state index is 12.7. The van der Waals surface area contributed by atoms with Crippen LogP contribution >= 0.6 is 0 Å². The van der Waals surface area contributed by atoms with E-state index in [1.54, 1.807) is 12.1 Å². The number of hydrogen-bond donors (Lipinski definition) is 0. The van der Waals surface area contributed by atoms with Gasteiger partial charge >= 0.3 is 0 Å². The van der Waals surface area contributed by atoms with E-state index in [0.717, 1.165) is 0 Å². The van der Waals surface area contributed by atoms with Crippen molar-refractivity contribution in [2.24, 2.45) is 0 Å². The van der Waals surface area contributed by atoms with Crippen molar-refractivity contribution < 1.29 is 4.39 Å². The largest absolute Gasteiger partial charge is 0.207 e. The first-order chi connectivity index (χ1) is 5.86. The SMILES string of the molecule is Fc1cccc(-n2cnnn2)c1. The van der Waals surface area contributed by atoms with Crippen molar-refractivity contribution in [3.63, 3.8) is 0 Å². The van der Waals surface area contributed by atoms with Crippen molar-refractivity contribution >= 4 is 0 Å². The Morgan fingerprint density at radius 1 is 1.33 bits per heavy atom. The van der Waals surface area contributed by atoms with E-state index in [9.17, 15) is 4.39 Å². The van der Waals surface area contributed by atoms with Crippen molar-refractivity contribution in [2.45, 2.75) is 0 Å². The molecule has 0 bridgehead atoms. The Morgan fingerprint density at radius 3 is 2.92 bits per heavy atom. The Morgan fingerprint density at radius 2 is 2.25 bits per heavy atom. The van der Waals surface area contributed by atoms with Gasteiger partial charge in [-0.1, -0.05) is 6.07 Å². The minimum Gasteiger partial charge on any atom is -0.207 e. The number of tetrazole rings is 1. The summed E-state index contributed by atoms with van der Waals surface area (Å²) in [6.45, 7) is 0. The summed E-state index contributed by atoms with van der Waals surface area (Å²) in [6.07, 6.45) is 1.41. The molecule has 0 atom stereocenters. The normalized spacial score (nSPS) is 10.1. The first-order valence-corrected chi connectivity index (χ1v) is 3.35. The average molecular weight is 164 g/mol. The Balaban J connectivity index is 2.48. The molecule has 0 saturated carbocycles. The highest BCUT2D eigenvalue weighted by Crippen LogP contribution is 2.06. The van der Waals surface area contributed by atoms with Gasteiger partial charge in [-0.05, 0) is 28.6 Å². The fraction of sp³-hybridized carbons (Fsp3) is 0. The molecule has 0 radical (unpaired) electrons. The Kier molecular flexibility index (Phi) is 1.55. The van der Waals surface area contributed by atoms with Crippen molar-refractivity contribution in [3.8, 4) is 5.69 Å². The third-order valence-corrected chi connectivity index (χ3v) is 1.42. The minimum atomic E-state index is -0.303. The van der Waals surface area contributed by atoms with Gasteiger partial charge < -0.3 is 0 Å². The molecule has 12 heavy (non-hydrogen) atoms. The van der Waals surface area contributed by atoms with E-state index in [4.69, 9.17) is 0 Å². The van der Waals surface area contributed by atoms with Crippen LogP contribution in [-0.2, 0) is 0 Å². The molecule has 1 heterocycles. The highest BCUT2D eigenvalue weighted by atomic mass is 19.1. The Labute approximate surface area is 67.6 Å². The van der Waals surface area contributed by atoms with Crippen LogP contribution in [0.25, 0.3) is 5.69 Å². The van der Waals surface area contributed by atoms with Crippen LogP contribution in [0.15, 0.2) is 30.6 Å². The van der Waals surface area contributed by atoms with Crippen LogP contribution in [0.5, 0.6) is 0 Å². The lowest BCUT2D eigenvalue weighted by molar-refractivity contribution is 0.624. The number of aromatic nitrogens is 4. The molecule has 5 heteroatoms. The van der Waals surface area contributed by atoms with Gasteiger partial charge in [-0.2, -0.15) is 0 Å². The van der Waals surface area contributed by atoms with Crippen LogP contribution in [0, 0.1) is 5.82 Å². The van der Waals surface area contributed by atoms with Crippen molar-refractivity contribution in [1.82, 2.24) is 20.2 Å².